The molecule has 1 aliphatic heterocycles. The third-order valence-electron chi connectivity index (χ3n) is 4.24. The number of carbonyl (C=O) groups excluding carboxylic acids is 1. The Hall–Kier alpha value is -1.35. The molecule has 1 heterocycles. The minimum Gasteiger partial charge on any atom is -0.324 e. The van der Waals surface area contributed by atoms with Gasteiger partial charge in [-0.05, 0) is 69.3 Å². The lowest BCUT2D eigenvalue weighted by Gasteiger charge is -2.24. The molecule has 1 unspecified atom stereocenters. The van der Waals surface area contributed by atoms with Gasteiger partial charge in [0.2, 0.25) is 5.91 Å². The number of hydrogen-bond donors (Lipinski definition) is 2. The first-order chi connectivity index (χ1) is 9.00. The van der Waals surface area contributed by atoms with Crippen LogP contribution in [-0.4, -0.2) is 18.5 Å². The molecular formula is C16H24N2O. The molecule has 19 heavy (non-hydrogen) atoms. The first-order valence-corrected chi connectivity index (χ1v) is 7.12. The van der Waals surface area contributed by atoms with Crippen molar-refractivity contribution in [2.75, 3.05) is 11.9 Å². The maximum Gasteiger partial charge on any atom is 0.241 e. The van der Waals surface area contributed by atoms with Crippen molar-refractivity contribution < 1.29 is 4.79 Å². The fraction of sp³-hybridized carbons (Fsp3) is 0.562. The lowest BCUT2D eigenvalue weighted by Crippen LogP contribution is -2.43. The number of benzene rings is 1. The fourth-order valence-electron chi connectivity index (χ4n) is 2.69. The second-order valence-electron chi connectivity index (χ2n) is 5.63. The highest BCUT2D eigenvalue weighted by molar-refractivity contribution is 5.96. The average molecular weight is 260 g/mol. The molecule has 1 fully saturated rings. The highest BCUT2D eigenvalue weighted by Gasteiger charge is 2.21. The van der Waals surface area contributed by atoms with Crippen molar-refractivity contribution in [3.63, 3.8) is 0 Å². The molecule has 1 aromatic rings. The smallest absolute Gasteiger partial charge is 0.241 e. The molecule has 3 heteroatoms. The van der Waals surface area contributed by atoms with Gasteiger partial charge in [0, 0.05) is 5.69 Å². The second kappa shape index (κ2) is 5.74. The third-order valence-corrected chi connectivity index (χ3v) is 4.24. The van der Waals surface area contributed by atoms with Gasteiger partial charge < -0.3 is 10.6 Å². The average Bonchev–Trinajstić information content (AvgIpc) is 2.42. The Morgan fingerprint density at radius 3 is 2.32 bits per heavy atom. The van der Waals surface area contributed by atoms with Crippen LogP contribution in [0.3, 0.4) is 0 Å². The van der Waals surface area contributed by atoms with Crippen LogP contribution in [0.1, 0.15) is 41.5 Å². The van der Waals surface area contributed by atoms with Crippen LogP contribution in [-0.2, 0) is 4.79 Å². The summed E-state index contributed by atoms with van der Waals surface area (Å²) < 4.78 is 0. The van der Waals surface area contributed by atoms with Crippen LogP contribution in [0.4, 0.5) is 5.69 Å². The quantitative estimate of drug-likeness (QED) is 0.858. The predicted octanol–water partition coefficient (Wildman–Crippen LogP) is 3.00. The number of rotatable bonds is 2. The van der Waals surface area contributed by atoms with E-state index < -0.39 is 0 Å². The van der Waals surface area contributed by atoms with Gasteiger partial charge in [0.05, 0.1) is 6.04 Å². The molecule has 2 N–H and O–H groups in total. The van der Waals surface area contributed by atoms with E-state index in [0.29, 0.717) is 0 Å². The van der Waals surface area contributed by atoms with Crippen LogP contribution >= 0.6 is 0 Å². The van der Waals surface area contributed by atoms with Gasteiger partial charge in [-0.2, -0.15) is 0 Å². The van der Waals surface area contributed by atoms with Gasteiger partial charge >= 0.3 is 0 Å². The zero-order chi connectivity index (χ0) is 14.0. The van der Waals surface area contributed by atoms with E-state index in [1.54, 1.807) is 0 Å². The Balaban J connectivity index is 2.20. The van der Waals surface area contributed by atoms with E-state index in [2.05, 4.69) is 44.4 Å². The molecule has 0 saturated carbocycles. The minimum absolute atomic E-state index is 0.0339. The lowest BCUT2D eigenvalue weighted by molar-refractivity contribution is -0.118. The molecule has 3 nitrogen and oxygen atoms in total. The van der Waals surface area contributed by atoms with Gasteiger partial charge in [-0.25, -0.2) is 0 Å². The summed E-state index contributed by atoms with van der Waals surface area (Å²) in [5.74, 6) is 0.107. The van der Waals surface area contributed by atoms with Crippen molar-refractivity contribution in [2.45, 2.75) is 53.0 Å². The van der Waals surface area contributed by atoms with E-state index >= 15 is 0 Å². The lowest BCUT2D eigenvalue weighted by atomic mass is 9.98. The summed E-state index contributed by atoms with van der Waals surface area (Å²) in [7, 11) is 0. The SMILES string of the molecule is Cc1cc(C)c(C)c(NC(=O)C2CCCCN2)c1C. The summed E-state index contributed by atoms with van der Waals surface area (Å²) in [6, 6.07) is 2.15. The van der Waals surface area contributed by atoms with E-state index in [-0.39, 0.29) is 11.9 Å². The molecule has 0 aliphatic carbocycles. The minimum atomic E-state index is -0.0339. The number of aryl methyl sites for hydroxylation is 2. The molecular weight excluding hydrogens is 236 g/mol. The molecule has 1 amide bonds. The molecule has 0 bridgehead atoms. The first kappa shape index (κ1) is 14.1. The highest BCUT2D eigenvalue weighted by atomic mass is 16.2. The number of carbonyl (C=O) groups is 1. The summed E-state index contributed by atoms with van der Waals surface area (Å²) in [5.41, 5.74) is 5.80. The maximum atomic E-state index is 12.3. The van der Waals surface area contributed by atoms with Crippen LogP contribution in [0.5, 0.6) is 0 Å². The second-order valence-corrected chi connectivity index (χ2v) is 5.63. The van der Waals surface area contributed by atoms with Gasteiger partial charge in [-0.3, -0.25) is 4.79 Å². The van der Waals surface area contributed by atoms with Crippen molar-refractivity contribution in [2.24, 2.45) is 0 Å². The van der Waals surface area contributed by atoms with Gasteiger partial charge in [0.1, 0.15) is 0 Å². The Morgan fingerprint density at radius 1 is 1.16 bits per heavy atom. The van der Waals surface area contributed by atoms with Gasteiger partial charge in [-0.15, -0.1) is 0 Å². The van der Waals surface area contributed by atoms with E-state index in [4.69, 9.17) is 0 Å². The number of piperidine rings is 1. The maximum absolute atomic E-state index is 12.3. The number of anilines is 1. The Kier molecular flexibility index (Phi) is 4.25. The normalized spacial score (nSPS) is 19.3. The molecule has 1 aliphatic rings. The Bertz CT molecular complexity index is 462. The van der Waals surface area contributed by atoms with Crippen LogP contribution in [0.25, 0.3) is 0 Å². The van der Waals surface area contributed by atoms with Crippen molar-refractivity contribution in [1.82, 2.24) is 5.32 Å². The highest BCUT2D eigenvalue weighted by Crippen LogP contribution is 2.27. The number of hydrogen-bond acceptors (Lipinski definition) is 2. The third kappa shape index (κ3) is 2.98. The van der Waals surface area contributed by atoms with Crippen LogP contribution in [0.2, 0.25) is 0 Å². The van der Waals surface area contributed by atoms with Crippen LogP contribution < -0.4 is 10.6 Å². The molecule has 104 valence electrons. The summed E-state index contributed by atoms with van der Waals surface area (Å²) in [5, 5.41) is 6.42. The topological polar surface area (TPSA) is 41.1 Å². The van der Waals surface area contributed by atoms with E-state index in [9.17, 15) is 4.79 Å². The molecule has 1 saturated heterocycles. The fourth-order valence-corrected chi connectivity index (χ4v) is 2.69. The molecule has 0 spiro atoms. The molecule has 0 radical (unpaired) electrons. The van der Waals surface area contributed by atoms with Gasteiger partial charge in [-0.1, -0.05) is 12.5 Å². The van der Waals surface area contributed by atoms with E-state index in [1.165, 1.54) is 28.7 Å². The standard InChI is InChI=1S/C16H24N2O/c1-10-9-11(2)13(4)15(12(10)3)18-16(19)14-7-5-6-8-17-14/h9,14,17H,5-8H2,1-4H3,(H,18,19). The van der Waals surface area contributed by atoms with Gasteiger partial charge in [0.15, 0.2) is 0 Å². The monoisotopic (exact) mass is 260 g/mol. The first-order valence-electron chi connectivity index (χ1n) is 7.12. The van der Waals surface area contributed by atoms with Gasteiger partial charge in [0.25, 0.3) is 0 Å². The van der Waals surface area contributed by atoms with Crippen molar-refractivity contribution in [3.05, 3.63) is 28.3 Å². The van der Waals surface area contributed by atoms with Crippen molar-refractivity contribution >= 4 is 11.6 Å². The number of amides is 1. The van der Waals surface area contributed by atoms with E-state index in [0.717, 1.165) is 25.1 Å². The summed E-state index contributed by atoms with van der Waals surface area (Å²) in [6.45, 7) is 9.28. The molecule has 0 aromatic heterocycles. The zero-order valence-electron chi connectivity index (χ0n) is 12.4. The largest absolute Gasteiger partial charge is 0.324 e. The van der Waals surface area contributed by atoms with Crippen molar-refractivity contribution in [3.8, 4) is 0 Å². The Morgan fingerprint density at radius 2 is 1.79 bits per heavy atom. The summed E-state index contributed by atoms with van der Waals surface area (Å²) in [4.78, 5) is 12.3. The van der Waals surface area contributed by atoms with Crippen LogP contribution in [0, 0.1) is 27.7 Å². The zero-order valence-corrected chi connectivity index (χ0v) is 12.4. The molecule has 2 rings (SSSR count). The van der Waals surface area contributed by atoms with Crippen molar-refractivity contribution in [1.29, 1.82) is 0 Å². The summed E-state index contributed by atoms with van der Waals surface area (Å²) in [6.07, 6.45) is 3.25. The van der Waals surface area contributed by atoms with Crippen LogP contribution in [0.15, 0.2) is 6.07 Å². The van der Waals surface area contributed by atoms with E-state index in [1.807, 2.05) is 0 Å². The number of nitrogens with one attached hydrogen (secondary N) is 2. The Labute approximate surface area is 115 Å². The molecule has 1 atom stereocenters. The summed E-state index contributed by atoms with van der Waals surface area (Å²) >= 11 is 0. The molecule has 1 aromatic carbocycles. The predicted molar refractivity (Wildman–Crippen MR) is 79.7 cm³/mol.